The Kier molecular flexibility index (Phi) is 6.46. The number of aliphatic hydroxyl groups excluding tert-OH is 1. The highest BCUT2D eigenvalue weighted by atomic mass is 79.9. The fraction of sp³-hybridized carbons (Fsp3) is 0.154. The minimum Gasteiger partial charge on any atom is -0.507 e. The topological polar surface area (TPSA) is 66.8 Å². The molecule has 4 rings (SSSR count). The van der Waals surface area contributed by atoms with Gasteiger partial charge in [0.1, 0.15) is 11.5 Å². The number of alkyl halides is 3. The van der Waals surface area contributed by atoms with E-state index in [2.05, 4.69) is 15.9 Å². The van der Waals surface area contributed by atoms with Crippen LogP contribution in [0.2, 0.25) is 0 Å². The van der Waals surface area contributed by atoms with Crippen LogP contribution in [0.4, 0.5) is 18.9 Å². The van der Waals surface area contributed by atoms with E-state index in [4.69, 9.17) is 4.74 Å². The first-order chi connectivity index (χ1) is 16.5. The van der Waals surface area contributed by atoms with Crippen molar-refractivity contribution in [3.05, 3.63) is 99.0 Å². The number of methoxy groups -OCH3 is 1. The lowest BCUT2D eigenvalue weighted by Gasteiger charge is -2.27. The Morgan fingerprint density at radius 2 is 1.69 bits per heavy atom. The largest absolute Gasteiger partial charge is 0.507 e. The predicted octanol–water partition coefficient (Wildman–Crippen LogP) is 6.41. The molecule has 1 aliphatic heterocycles. The highest BCUT2D eigenvalue weighted by molar-refractivity contribution is 9.10. The fourth-order valence-corrected chi connectivity index (χ4v) is 4.61. The van der Waals surface area contributed by atoms with Crippen LogP contribution in [0.3, 0.4) is 0 Å². The Bertz CT molecular complexity index is 1350. The lowest BCUT2D eigenvalue weighted by atomic mass is 9.92. The molecule has 1 aliphatic rings. The second-order valence-corrected chi connectivity index (χ2v) is 8.77. The molecule has 35 heavy (non-hydrogen) atoms. The quantitative estimate of drug-likeness (QED) is 0.233. The van der Waals surface area contributed by atoms with E-state index >= 15 is 0 Å². The fourth-order valence-electron chi connectivity index (χ4n) is 4.07. The number of Topliss-reactive ketones (excluding diaryl/α,β-unsaturated/α-hetero) is 1. The Morgan fingerprint density at radius 1 is 1.03 bits per heavy atom. The molecule has 5 nitrogen and oxygen atoms in total. The van der Waals surface area contributed by atoms with Crippen LogP contribution in [0.25, 0.3) is 5.76 Å². The summed E-state index contributed by atoms with van der Waals surface area (Å²) in [6.45, 7) is 1.78. The highest BCUT2D eigenvalue weighted by Crippen LogP contribution is 2.44. The molecule has 1 unspecified atom stereocenters. The Morgan fingerprint density at radius 3 is 2.26 bits per heavy atom. The SMILES string of the molecule is COc1ccc(/C(O)=C2\C(=O)C(=O)N(c3ccc(C(F)(F)F)cc3)C2c2ccccc2C)cc1Br. The van der Waals surface area contributed by atoms with Crippen molar-refractivity contribution in [1.29, 1.82) is 0 Å². The zero-order chi connectivity index (χ0) is 25.5. The number of ketones is 1. The van der Waals surface area contributed by atoms with Gasteiger partial charge in [0.05, 0.1) is 28.8 Å². The number of amides is 1. The van der Waals surface area contributed by atoms with Crippen LogP contribution in [0.15, 0.2) is 76.8 Å². The first-order valence-corrected chi connectivity index (χ1v) is 11.2. The molecule has 1 atom stereocenters. The number of anilines is 1. The van der Waals surface area contributed by atoms with E-state index in [1.54, 1.807) is 49.4 Å². The number of carbonyl (C=O) groups excluding carboxylic acids is 2. The summed E-state index contributed by atoms with van der Waals surface area (Å²) in [6.07, 6.45) is -4.55. The smallest absolute Gasteiger partial charge is 0.416 e. The maximum absolute atomic E-state index is 13.2. The second kappa shape index (κ2) is 9.22. The number of aliphatic hydroxyl groups is 1. The molecule has 1 amide bonds. The molecule has 0 saturated carbocycles. The molecule has 1 N–H and O–H groups in total. The van der Waals surface area contributed by atoms with Crippen molar-refractivity contribution in [1.82, 2.24) is 0 Å². The van der Waals surface area contributed by atoms with E-state index < -0.39 is 35.2 Å². The highest BCUT2D eigenvalue weighted by Gasteiger charge is 2.47. The van der Waals surface area contributed by atoms with Crippen LogP contribution in [0.1, 0.15) is 28.3 Å². The van der Waals surface area contributed by atoms with Crippen molar-refractivity contribution in [2.75, 3.05) is 12.0 Å². The zero-order valence-electron chi connectivity index (χ0n) is 18.6. The van der Waals surface area contributed by atoms with Crippen molar-refractivity contribution >= 4 is 39.1 Å². The average molecular weight is 546 g/mol. The van der Waals surface area contributed by atoms with Gasteiger partial charge < -0.3 is 9.84 Å². The third kappa shape index (κ3) is 4.43. The van der Waals surface area contributed by atoms with Gasteiger partial charge in [0.25, 0.3) is 11.7 Å². The van der Waals surface area contributed by atoms with E-state index in [1.165, 1.54) is 7.11 Å². The Balaban J connectivity index is 1.92. The first kappa shape index (κ1) is 24.5. The van der Waals surface area contributed by atoms with Crippen LogP contribution in [0.5, 0.6) is 5.75 Å². The van der Waals surface area contributed by atoms with Crippen LogP contribution < -0.4 is 9.64 Å². The summed E-state index contributed by atoms with van der Waals surface area (Å²) in [5.41, 5.74) is 0.610. The van der Waals surface area contributed by atoms with Gasteiger partial charge >= 0.3 is 6.18 Å². The van der Waals surface area contributed by atoms with Crippen molar-refractivity contribution in [3.63, 3.8) is 0 Å². The van der Waals surface area contributed by atoms with E-state index in [-0.39, 0.29) is 16.8 Å². The summed E-state index contributed by atoms with van der Waals surface area (Å²) in [6, 6.07) is 14.6. The monoisotopic (exact) mass is 545 g/mol. The molecule has 3 aromatic rings. The number of hydrogen-bond donors (Lipinski definition) is 1. The van der Waals surface area contributed by atoms with Gasteiger partial charge in [-0.15, -0.1) is 0 Å². The summed E-state index contributed by atoms with van der Waals surface area (Å²) in [5, 5.41) is 11.2. The number of carbonyl (C=O) groups is 2. The molecule has 180 valence electrons. The van der Waals surface area contributed by atoms with Crippen LogP contribution in [-0.4, -0.2) is 23.9 Å². The van der Waals surface area contributed by atoms with Gasteiger partial charge in [-0.25, -0.2) is 0 Å². The molecule has 0 bridgehead atoms. The number of ether oxygens (including phenoxy) is 1. The summed E-state index contributed by atoms with van der Waals surface area (Å²) >= 11 is 3.34. The molecule has 1 fully saturated rings. The number of aryl methyl sites for hydroxylation is 1. The van der Waals surface area contributed by atoms with E-state index in [9.17, 15) is 27.9 Å². The van der Waals surface area contributed by atoms with Crippen LogP contribution >= 0.6 is 15.9 Å². The molecule has 0 aromatic heterocycles. The minimum absolute atomic E-state index is 0.100. The number of rotatable bonds is 4. The predicted molar refractivity (Wildman–Crippen MR) is 128 cm³/mol. The third-order valence-corrected chi connectivity index (χ3v) is 6.45. The molecule has 3 aromatic carbocycles. The third-order valence-electron chi connectivity index (χ3n) is 5.83. The molecule has 9 heteroatoms. The zero-order valence-corrected chi connectivity index (χ0v) is 20.1. The van der Waals surface area contributed by atoms with Crippen LogP contribution in [0, 0.1) is 6.92 Å². The van der Waals surface area contributed by atoms with Gasteiger partial charge in [-0.2, -0.15) is 13.2 Å². The Labute approximate surface area is 207 Å². The summed E-state index contributed by atoms with van der Waals surface area (Å²) < 4.78 is 45.0. The average Bonchev–Trinajstić information content (AvgIpc) is 3.08. The van der Waals surface area contributed by atoms with Crippen molar-refractivity contribution in [3.8, 4) is 5.75 Å². The molecule has 0 aliphatic carbocycles. The van der Waals surface area contributed by atoms with Crippen LogP contribution in [-0.2, 0) is 15.8 Å². The molecule has 0 radical (unpaired) electrons. The second-order valence-electron chi connectivity index (χ2n) is 7.92. The molecule has 1 saturated heterocycles. The molecular formula is C26H19BrF3NO4. The maximum atomic E-state index is 13.2. The first-order valence-electron chi connectivity index (χ1n) is 10.4. The Hall–Kier alpha value is -3.59. The van der Waals surface area contributed by atoms with Gasteiger partial charge in [0, 0.05) is 11.3 Å². The van der Waals surface area contributed by atoms with Crippen molar-refractivity contribution in [2.24, 2.45) is 0 Å². The van der Waals surface area contributed by atoms with Gasteiger partial charge in [-0.1, -0.05) is 24.3 Å². The summed E-state index contributed by atoms with van der Waals surface area (Å²) in [7, 11) is 1.48. The maximum Gasteiger partial charge on any atom is 0.416 e. The lowest BCUT2D eigenvalue weighted by molar-refractivity contribution is -0.137. The number of nitrogens with zero attached hydrogens (tertiary/aromatic N) is 1. The normalized spacial score (nSPS) is 17.7. The van der Waals surface area contributed by atoms with Gasteiger partial charge in [0.15, 0.2) is 0 Å². The van der Waals surface area contributed by atoms with E-state index in [0.717, 1.165) is 34.7 Å². The minimum atomic E-state index is -4.55. The number of benzene rings is 3. The molecular weight excluding hydrogens is 527 g/mol. The van der Waals surface area contributed by atoms with Crippen molar-refractivity contribution in [2.45, 2.75) is 19.1 Å². The van der Waals surface area contributed by atoms with Gasteiger partial charge in [-0.3, -0.25) is 14.5 Å². The molecule has 1 heterocycles. The van der Waals surface area contributed by atoms with E-state index in [1.807, 2.05) is 0 Å². The van der Waals surface area contributed by atoms with E-state index in [0.29, 0.717) is 15.8 Å². The van der Waals surface area contributed by atoms with Gasteiger partial charge in [-0.05, 0) is 76.4 Å². The summed E-state index contributed by atoms with van der Waals surface area (Å²) in [4.78, 5) is 27.5. The molecule has 0 spiro atoms. The van der Waals surface area contributed by atoms with Gasteiger partial charge in [0.2, 0.25) is 0 Å². The standard InChI is InChI=1S/C26H19BrF3NO4/c1-14-5-3-4-6-18(14)22-21(23(32)15-7-12-20(35-2)19(27)13-15)24(33)25(34)31(22)17-10-8-16(9-11-17)26(28,29)30/h3-13,22,32H,1-2H3/b23-21+. The van der Waals surface area contributed by atoms with Crippen molar-refractivity contribution < 1.29 is 32.6 Å². The summed E-state index contributed by atoms with van der Waals surface area (Å²) in [5.74, 6) is -1.80. The number of halogens is 4. The number of hydrogen-bond acceptors (Lipinski definition) is 4. The lowest BCUT2D eigenvalue weighted by Crippen LogP contribution is -2.29.